The van der Waals surface area contributed by atoms with E-state index in [4.69, 9.17) is 4.74 Å². The van der Waals surface area contributed by atoms with E-state index in [-0.39, 0.29) is 24.5 Å². The highest BCUT2D eigenvalue weighted by Crippen LogP contribution is 2.27. The zero-order valence-electron chi connectivity index (χ0n) is 21.1. The first-order chi connectivity index (χ1) is 17.5. The van der Waals surface area contributed by atoms with Crippen LogP contribution in [0, 0.1) is 6.92 Å². The topological polar surface area (TPSA) is 61.9 Å². The fourth-order valence-electron chi connectivity index (χ4n) is 4.72. The molecule has 0 atom stereocenters. The van der Waals surface area contributed by atoms with Crippen molar-refractivity contribution in [2.75, 3.05) is 19.0 Å². The van der Waals surface area contributed by atoms with E-state index in [0.29, 0.717) is 24.5 Å². The van der Waals surface area contributed by atoms with Crippen LogP contribution in [0.3, 0.4) is 0 Å². The molecule has 0 aliphatic heterocycles. The van der Waals surface area contributed by atoms with Crippen molar-refractivity contribution in [2.24, 2.45) is 0 Å². The van der Waals surface area contributed by atoms with Gasteiger partial charge in [-0.3, -0.25) is 4.79 Å². The highest BCUT2D eigenvalue weighted by molar-refractivity contribution is 7.10. The smallest absolute Gasteiger partial charge is 0.322 e. The van der Waals surface area contributed by atoms with Crippen LogP contribution in [0.4, 0.5) is 10.5 Å². The van der Waals surface area contributed by atoms with E-state index in [9.17, 15) is 9.59 Å². The number of nitrogens with zero attached hydrogens (tertiary/aromatic N) is 2. The lowest BCUT2D eigenvalue weighted by Gasteiger charge is -2.35. The van der Waals surface area contributed by atoms with Crippen LogP contribution >= 0.6 is 11.3 Å². The van der Waals surface area contributed by atoms with Crippen molar-refractivity contribution in [3.63, 3.8) is 0 Å². The molecular weight excluding hydrogens is 470 g/mol. The van der Waals surface area contributed by atoms with E-state index in [2.05, 4.69) is 23.7 Å². The minimum Gasteiger partial charge on any atom is -0.495 e. The van der Waals surface area contributed by atoms with Gasteiger partial charge in [-0.1, -0.05) is 61.7 Å². The van der Waals surface area contributed by atoms with Gasteiger partial charge in [-0.15, -0.1) is 11.3 Å². The van der Waals surface area contributed by atoms with Gasteiger partial charge in [0.25, 0.3) is 0 Å². The highest BCUT2D eigenvalue weighted by atomic mass is 32.1. The Hall–Kier alpha value is -3.32. The summed E-state index contributed by atoms with van der Waals surface area (Å²) in [5, 5.41) is 5.06. The normalized spacial score (nSPS) is 13.7. The fraction of sp³-hybridized carbons (Fsp3) is 0.379. The second kappa shape index (κ2) is 12.6. The monoisotopic (exact) mass is 505 g/mol. The number of aryl methyl sites for hydroxylation is 1. The number of para-hydroxylation sites is 2. The maximum atomic E-state index is 13.8. The molecule has 1 saturated carbocycles. The van der Waals surface area contributed by atoms with E-state index in [0.717, 1.165) is 31.2 Å². The van der Waals surface area contributed by atoms with Gasteiger partial charge in [-0.05, 0) is 54.5 Å². The minimum atomic E-state index is -0.258. The van der Waals surface area contributed by atoms with Crippen LogP contribution in [-0.4, -0.2) is 41.4 Å². The van der Waals surface area contributed by atoms with Crippen molar-refractivity contribution < 1.29 is 14.3 Å². The van der Waals surface area contributed by atoms with Gasteiger partial charge in [0, 0.05) is 17.5 Å². The Bertz CT molecular complexity index is 1140. The Kier molecular flexibility index (Phi) is 9.01. The number of hydrogen-bond donors (Lipinski definition) is 1. The molecular formula is C29H35N3O3S. The summed E-state index contributed by atoms with van der Waals surface area (Å²) in [6.07, 6.45) is 5.13. The van der Waals surface area contributed by atoms with E-state index in [1.54, 1.807) is 23.3 Å². The summed E-state index contributed by atoms with van der Waals surface area (Å²) < 4.78 is 5.42. The van der Waals surface area contributed by atoms with Crippen molar-refractivity contribution in [3.05, 3.63) is 82.0 Å². The van der Waals surface area contributed by atoms with Crippen LogP contribution in [-0.2, 0) is 17.9 Å². The molecule has 0 unspecified atom stereocenters. The van der Waals surface area contributed by atoms with Crippen molar-refractivity contribution >= 4 is 29.0 Å². The quantitative estimate of drug-likeness (QED) is 0.363. The van der Waals surface area contributed by atoms with Crippen LogP contribution in [0.2, 0.25) is 0 Å². The number of anilines is 1. The SMILES string of the molecule is COc1ccccc1NC(=O)N(CC(=O)N(Cc1ccccc1)Cc1sccc1C)C1CCCCC1. The van der Waals surface area contributed by atoms with Gasteiger partial charge in [-0.25, -0.2) is 4.79 Å². The Labute approximate surface area is 217 Å². The van der Waals surface area contributed by atoms with Crippen LogP contribution in [0.15, 0.2) is 66.0 Å². The first kappa shape index (κ1) is 25.8. The van der Waals surface area contributed by atoms with Gasteiger partial charge in [0.15, 0.2) is 0 Å². The molecule has 4 rings (SSSR count). The van der Waals surface area contributed by atoms with Crippen LogP contribution in [0.25, 0.3) is 0 Å². The molecule has 6 nitrogen and oxygen atoms in total. The Balaban J connectivity index is 1.56. The Morgan fingerprint density at radius 1 is 0.972 bits per heavy atom. The van der Waals surface area contributed by atoms with E-state index < -0.39 is 0 Å². The standard InChI is InChI=1S/C29H35N3O3S/c1-22-17-18-36-27(22)20-31(19-23-11-5-3-6-12-23)28(33)21-32(24-13-7-4-8-14-24)29(34)30-25-15-9-10-16-26(25)35-2/h3,5-6,9-12,15-18,24H,4,7-8,13-14,19-21H2,1-2H3,(H,30,34). The second-order valence-electron chi connectivity index (χ2n) is 9.31. The van der Waals surface area contributed by atoms with Gasteiger partial charge >= 0.3 is 6.03 Å². The molecule has 3 aromatic rings. The number of rotatable bonds is 9. The predicted octanol–water partition coefficient (Wildman–Crippen LogP) is 6.46. The molecule has 36 heavy (non-hydrogen) atoms. The number of carbonyl (C=O) groups excluding carboxylic acids is 2. The number of methoxy groups -OCH3 is 1. The van der Waals surface area contributed by atoms with Crippen LogP contribution < -0.4 is 10.1 Å². The van der Waals surface area contributed by atoms with Crippen molar-refractivity contribution in [1.82, 2.24) is 9.80 Å². The van der Waals surface area contributed by atoms with E-state index >= 15 is 0 Å². The van der Waals surface area contributed by atoms with Gasteiger partial charge in [-0.2, -0.15) is 0 Å². The zero-order valence-corrected chi connectivity index (χ0v) is 21.9. The maximum Gasteiger partial charge on any atom is 0.322 e. The summed E-state index contributed by atoms with van der Waals surface area (Å²) in [4.78, 5) is 32.1. The summed E-state index contributed by atoms with van der Waals surface area (Å²) in [6, 6.07) is 19.3. The summed E-state index contributed by atoms with van der Waals surface area (Å²) in [6.45, 7) is 3.16. The molecule has 1 aromatic heterocycles. The fourth-order valence-corrected chi connectivity index (χ4v) is 5.64. The third-order valence-corrected chi connectivity index (χ3v) is 7.81. The summed E-state index contributed by atoms with van der Waals surface area (Å²) in [5.41, 5.74) is 2.86. The van der Waals surface area contributed by atoms with E-state index in [1.165, 1.54) is 16.9 Å². The van der Waals surface area contributed by atoms with E-state index in [1.807, 2.05) is 59.5 Å². The van der Waals surface area contributed by atoms with Crippen molar-refractivity contribution in [3.8, 4) is 5.75 Å². The first-order valence-corrected chi connectivity index (χ1v) is 13.5. The molecule has 1 aliphatic carbocycles. The number of amides is 3. The number of ether oxygens (including phenoxy) is 1. The molecule has 7 heteroatoms. The molecule has 0 spiro atoms. The molecule has 1 fully saturated rings. The predicted molar refractivity (Wildman–Crippen MR) is 145 cm³/mol. The third kappa shape index (κ3) is 6.66. The largest absolute Gasteiger partial charge is 0.495 e. The number of carbonyl (C=O) groups is 2. The average molecular weight is 506 g/mol. The van der Waals surface area contributed by atoms with Gasteiger partial charge < -0.3 is 19.9 Å². The third-order valence-electron chi connectivity index (χ3n) is 6.80. The molecule has 1 aliphatic rings. The van der Waals surface area contributed by atoms with Crippen molar-refractivity contribution in [1.29, 1.82) is 0 Å². The van der Waals surface area contributed by atoms with Gasteiger partial charge in [0.2, 0.25) is 5.91 Å². The summed E-state index contributed by atoms with van der Waals surface area (Å²) >= 11 is 1.66. The summed E-state index contributed by atoms with van der Waals surface area (Å²) in [5.74, 6) is 0.548. The molecule has 3 amide bonds. The second-order valence-corrected chi connectivity index (χ2v) is 10.3. The Morgan fingerprint density at radius 3 is 2.39 bits per heavy atom. The lowest BCUT2D eigenvalue weighted by Crippen LogP contribution is -2.49. The number of thiophene rings is 1. The van der Waals surface area contributed by atoms with Gasteiger partial charge in [0.05, 0.1) is 19.3 Å². The molecule has 0 bridgehead atoms. The lowest BCUT2D eigenvalue weighted by molar-refractivity contribution is -0.133. The Morgan fingerprint density at radius 2 is 1.69 bits per heavy atom. The van der Waals surface area contributed by atoms with Crippen LogP contribution in [0.1, 0.15) is 48.1 Å². The highest BCUT2D eigenvalue weighted by Gasteiger charge is 2.30. The molecule has 0 radical (unpaired) electrons. The summed E-state index contributed by atoms with van der Waals surface area (Å²) in [7, 11) is 1.58. The number of benzene rings is 2. The maximum absolute atomic E-state index is 13.8. The number of urea groups is 1. The minimum absolute atomic E-state index is 0.0412. The average Bonchev–Trinajstić information content (AvgIpc) is 3.32. The zero-order chi connectivity index (χ0) is 25.3. The molecule has 190 valence electrons. The van der Waals surface area contributed by atoms with Crippen LogP contribution in [0.5, 0.6) is 5.75 Å². The molecule has 2 aromatic carbocycles. The molecule has 0 saturated heterocycles. The first-order valence-electron chi connectivity index (χ1n) is 12.6. The number of hydrogen-bond acceptors (Lipinski definition) is 4. The lowest BCUT2D eigenvalue weighted by atomic mass is 9.94. The van der Waals surface area contributed by atoms with Gasteiger partial charge in [0.1, 0.15) is 12.3 Å². The number of nitrogens with one attached hydrogen (secondary N) is 1. The molecule has 1 N–H and O–H groups in total. The molecule has 1 heterocycles. The van der Waals surface area contributed by atoms with Crippen molar-refractivity contribution in [2.45, 2.75) is 58.2 Å².